The van der Waals surface area contributed by atoms with Gasteiger partial charge in [0.1, 0.15) is 11.6 Å². The molecule has 3 nitrogen and oxygen atoms in total. The van der Waals surface area contributed by atoms with Gasteiger partial charge in [-0.1, -0.05) is 0 Å². The minimum Gasteiger partial charge on any atom is -0.386 e. The highest BCUT2D eigenvalue weighted by molar-refractivity contribution is 5.20. The molecule has 0 spiro atoms. The third-order valence-electron chi connectivity index (χ3n) is 2.55. The summed E-state index contributed by atoms with van der Waals surface area (Å²) in [5.41, 5.74) is 1.02. The largest absolute Gasteiger partial charge is 0.386 e. The Kier molecular flexibility index (Phi) is 3.19. The van der Waals surface area contributed by atoms with Crippen molar-refractivity contribution >= 4 is 0 Å². The quantitative estimate of drug-likeness (QED) is 0.887. The molecule has 17 heavy (non-hydrogen) atoms. The number of aromatic nitrogens is 2. The topological polar surface area (TPSA) is 38.0 Å². The van der Waals surface area contributed by atoms with Gasteiger partial charge in [-0.15, -0.1) is 0 Å². The Morgan fingerprint density at radius 3 is 2.47 bits per heavy atom. The van der Waals surface area contributed by atoms with Gasteiger partial charge in [-0.3, -0.25) is 0 Å². The van der Waals surface area contributed by atoms with Crippen molar-refractivity contribution in [3.63, 3.8) is 0 Å². The third-order valence-corrected chi connectivity index (χ3v) is 2.55. The molecule has 2 aromatic rings. The first kappa shape index (κ1) is 11.7. The molecule has 5 heteroatoms. The first-order valence-corrected chi connectivity index (χ1v) is 5.15. The van der Waals surface area contributed by atoms with Crippen LogP contribution < -0.4 is 0 Å². The lowest BCUT2D eigenvalue weighted by Gasteiger charge is -2.11. The molecule has 90 valence electrons. The number of rotatable bonds is 3. The van der Waals surface area contributed by atoms with Gasteiger partial charge in [0.05, 0.1) is 24.3 Å². The average Bonchev–Trinajstić information content (AvgIpc) is 2.62. The number of nitrogens with zero attached hydrogens (tertiary/aromatic N) is 2. The van der Waals surface area contributed by atoms with E-state index in [4.69, 9.17) is 0 Å². The van der Waals surface area contributed by atoms with Crippen LogP contribution in [0.25, 0.3) is 0 Å². The SMILES string of the molecule is Cn1cncc1C(O)Cc1cc(F)cc(F)c1. The molecular weight excluding hydrogens is 226 g/mol. The monoisotopic (exact) mass is 238 g/mol. The molecule has 1 N–H and O–H groups in total. The zero-order valence-electron chi connectivity index (χ0n) is 9.27. The molecule has 0 aliphatic heterocycles. The van der Waals surface area contributed by atoms with Crippen LogP contribution in [-0.4, -0.2) is 14.7 Å². The predicted octanol–water partition coefficient (Wildman–Crippen LogP) is 1.97. The standard InChI is InChI=1S/C12H12F2N2O/c1-16-7-15-6-11(16)12(17)4-8-2-9(13)5-10(14)3-8/h2-3,5-7,12,17H,4H2,1H3. The highest BCUT2D eigenvalue weighted by atomic mass is 19.1. The molecule has 0 bridgehead atoms. The number of benzene rings is 1. The van der Waals surface area contributed by atoms with Crippen molar-refractivity contribution in [2.24, 2.45) is 7.05 Å². The van der Waals surface area contributed by atoms with E-state index >= 15 is 0 Å². The maximum absolute atomic E-state index is 13.0. The molecule has 1 aromatic carbocycles. The van der Waals surface area contributed by atoms with E-state index in [1.54, 1.807) is 17.9 Å². The van der Waals surface area contributed by atoms with Crippen LogP contribution in [0.3, 0.4) is 0 Å². The maximum atomic E-state index is 13.0. The second-order valence-electron chi connectivity index (χ2n) is 3.93. The van der Waals surface area contributed by atoms with Gasteiger partial charge in [-0.25, -0.2) is 13.8 Å². The van der Waals surface area contributed by atoms with Crippen LogP contribution in [0.1, 0.15) is 17.4 Å². The molecule has 1 aromatic heterocycles. The molecule has 0 amide bonds. The number of imidazole rings is 1. The van der Waals surface area contributed by atoms with Gasteiger partial charge < -0.3 is 9.67 Å². The first-order valence-electron chi connectivity index (χ1n) is 5.15. The summed E-state index contributed by atoms with van der Waals surface area (Å²) in [5, 5.41) is 9.92. The van der Waals surface area contributed by atoms with Gasteiger partial charge >= 0.3 is 0 Å². The summed E-state index contributed by atoms with van der Waals surface area (Å²) in [6.07, 6.45) is 2.41. The molecule has 1 heterocycles. The maximum Gasteiger partial charge on any atom is 0.126 e. The van der Waals surface area contributed by atoms with Gasteiger partial charge in [-0.05, 0) is 17.7 Å². The summed E-state index contributed by atoms with van der Waals surface area (Å²) in [7, 11) is 1.75. The van der Waals surface area contributed by atoms with Crippen molar-refractivity contribution in [1.29, 1.82) is 0 Å². The molecule has 0 saturated carbocycles. The number of hydrogen-bond acceptors (Lipinski definition) is 2. The van der Waals surface area contributed by atoms with Gasteiger partial charge in [0, 0.05) is 19.5 Å². The van der Waals surface area contributed by atoms with Crippen LogP contribution in [0.15, 0.2) is 30.7 Å². The second kappa shape index (κ2) is 4.63. The number of aliphatic hydroxyl groups is 1. The van der Waals surface area contributed by atoms with Crippen molar-refractivity contribution in [3.05, 3.63) is 53.6 Å². The Balaban J connectivity index is 2.18. The van der Waals surface area contributed by atoms with E-state index in [9.17, 15) is 13.9 Å². The molecule has 0 radical (unpaired) electrons. The minimum atomic E-state index is -0.830. The Labute approximate surface area is 97.3 Å². The molecule has 0 saturated heterocycles. The zero-order chi connectivity index (χ0) is 12.4. The number of halogens is 2. The molecule has 0 aliphatic rings. The summed E-state index contributed by atoms with van der Waals surface area (Å²) in [6.45, 7) is 0. The number of aliphatic hydroxyl groups excluding tert-OH is 1. The van der Waals surface area contributed by atoms with E-state index in [1.807, 2.05) is 0 Å². The number of aryl methyl sites for hydroxylation is 1. The van der Waals surface area contributed by atoms with E-state index in [2.05, 4.69) is 4.98 Å². The molecule has 2 rings (SSSR count). The molecule has 1 atom stereocenters. The van der Waals surface area contributed by atoms with Gasteiger partial charge in [0.15, 0.2) is 0 Å². The van der Waals surface area contributed by atoms with Crippen LogP contribution in [0, 0.1) is 11.6 Å². The molecule has 0 fully saturated rings. The van der Waals surface area contributed by atoms with Crippen molar-refractivity contribution in [1.82, 2.24) is 9.55 Å². The lowest BCUT2D eigenvalue weighted by Crippen LogP contribution is -2.07. The van der Waals surface area contributed by atoms with Crippen LogP contribution in [-0.2, 0) is 13.5 Å². The lowest BCUT2D eigenvalue weighted by atomic mass is 10.1. The Bertz CT molecular complexity index is 505. The van der Waals surface area contributed by atoms with Gasteiger partial charge in [0.25, 0.3) is 0 Å². The van der Waals surface area contributed by atoms with E-state index in [-0.39, 0.29) is 6.42 Å². The van der Waals surface area contributed by atoms with Gasteiger partial charge in [0.2, 0.25) is 0 Å². The fourth-order valence-corrected chi connectivity index (χ4v) is 1.75. The Morgan fingerprint density at radius 1 is 1.29 bits per heavy atom. The second-order valence-corrected chi connectivity index (χ2v) is 3.93. The summed E-state index contributed by atoms with van der Waals surface area (Å²) in [4.78, 5) is 3.87. The fourth-order valence-electron chi connectivity index (χ4n) is 1.75. The number of hydrogen-bond donors (Lipinski definition) is 1. The molecular formula is C12H12F2N2O. The van der Waals surface area contributed by atoms with Crippen LogP contribution >= 0.6 is 0 Å². The smallest absolute Gasteiger partial charge is 0.126 e. The Hall–Kier alpha value is -1.75. The Morgan fingerprint density at radius 2 is 1.94 bits per heavy atom. The average molecular weight is 238 g/mol. The predicted molar refractivity (Wildman–Crippen MR) is 58.2 cm³/mol. The molecule has 1 unspecified atom stereocenters. The highest BCUT2D eigenvalue weighted by Crippen LogP contribution is 2.18. The van der Waals surface area contributed by atoms with Gasteiger partial charge in [-0.2, -0.15) is 0 Å². The van der Waals surface area contributed by atoms with E-state index < -0.39 is 17.7 Å². The minimum absolute atomic E-state index is 0.147. The van der Waals surface area contributed by atoms with Crippen molar-refractivity contribution in [2.75, 3.05) is 0 Å². The van der Waals surface area contributed by atoms with E-state index in [0.717, 1.165) is 6.07 Å². The summed E-state index contributed by atoms with van der Waals surface area (Å²) in [5.74, 6) is -1.28. The summed E-state index contributed by atoms with van der Waals surface area (Å²) < 4.78 is 27.6. The van der Waals surface area contributed by atoms with Crippen molar-refractivity contribution in [3.8, 4) is 0 Å². The van der Waals surface area contributed by atoms with Crippen LogP contribution in [0.4, 0.5) is 8.78 Å². The fraction of sp³-hybridized carbons (Fsp3) is 0.250. The first-order chi connectivity index (χ1) is 8.06. The summed E-state index contributed by atoms with van der Waals surface area (Å²) >= 11 is 0. The zero-order valence-corrected chi connectivity index (χ0v) is 9.27. The van der Waals surface area contributed by atoms with Crippen LogP contribution in [0.5, 0.6) is 0 Å². The van der Waals surface area contributed by atoms with E-state index in [0.29, 0.717) is 11.3 Å². The summed E-state index contributed by atoms with van der Waals surface area (Å²) in [6, 6.07) is 3.23. The van der Waals surface area contributed by atoms with Crippen LogP contribution in [0.2, 0.25) is 0 Å². The molecule has 0 aliphatic carbocycles. The van der Waals surface area contributed by atoms with Crippen molar-refractivity contribution in [2.45, 2.75) is 12.5 Å². The third kappa shape index (κ3) is 2.68. The normalized spacial score (nSPS) is 12.7. The van der Waals surface area contributed by atoms with E-state index in [1.165, 1.54) is 18.3 Å². The van der Waals surface area contributed by atoms with Crippen molar-refractivity contribution < 1.29 is 13.9 Å². The highest BCUT2D eigenvalue weighted by Gasteiger charge is 2.13. The lowest BCUT2D eigenvalue weighted by molar-refractivity contribution is 0.170.